The molecule has 2 atom stereocenters. The summed E-state index contributed by atoms with van der Waals surface area (Å²) in [6.45, 7) is 1.31. The summed E-state index contributed by atoms with van der Waals surface area (Å²) in [5.74, 6) is -1.35. The van der Waals surface area contributed by atoms with Crippen LogP contribution in [0.2, 0.25) is 0 Å². The number of carboxylic acid groups (broad SMARTS) is 1. The highest BCUT2D eigenvalue weighted by Gasteiger charge is 2.18. The number of ether oxygens (including phenoxy) is 2. The van der Waals surface area contributed by atoms with Crippen LogP contribution in [0.15, 0.2) is 60.7 Å². The molecule has 0 aliphatic rings. The molecule has 29 heavy (non-hydrogen) atoms. The molecular weight excluding hydrogens is 372 g/mol. The molecule has 0 radical (unpaired) electrons. The van der Waals surface area contributed by atoms with Crippen LogP contribution >= 0.6 is 0 Å². The molecule has 1 unspecified atom stereocenters. The van der Waals surface area contributed by atoms with Crippen molar-refractivity contribution in [3.05, 3.63) is 71.8 Å². The number of nitrogens with two attached hydrogens (primary N) is 1. The van der Waals surface area contributed by atoms with Gasteiger partial charge in [0.15, 0.2) is 6.29 Å². The molecule has 158 valence electrons. The number of carboxylic acids is 1. The van der Waals surface area contributed by atoms with Crippen molar-refractivity contribution in [1.82, 2.24) is 5.32 Å². The average Bonchev–Trinajstić information content (AvgIpc) is 2.70. The predicted octanol–water partition coefficient (Wildman–Crippen LogP) is 1.99. The first-order valence-electron chi connectivity index (χ1n) is 9.26. The highest BCUT2D eigenvalue weighted by atomic mass is 16.7. The number of amides is 1. The van der Waals surface area contributed by atoms with Gasteiger partial charge >= 0.3 is 5.97 Å². The minimum Gasteiger partial charge on any atom is -0.480 e. The van der Waals surface area contributed by atoms with Crippen molar-refractivity contribution in [2.24, 2.45) is 5.73 Å². The van der Waals surface area contributed by atoms with Crippen LogP contribution in [-0.2, 0) is 31.9 Å². The lowest BCUT2D eigenvalue weighted by Gasteiger charge is -2.20. The highest BCUT2D eigenvalue weighted by molar-refractivity contribution is 5.82. The smallest absolute Gasteiger partial charge is 0.326 e. The molecule has 0 saturated heterocycles. The van der Waals surface area contributed by atoms with E-state index in [1.165, 1.54) is 12.5 Å². The van der Waals surface area contributed by atoms with Gasteiger partial charge in [0.1, 0.15) is 6.04 Å². The molecule has 0 spiro atoms. The third-order valence-corrected chi connectivity index (χ3v) is 4.09. The zero-order valence-corrected chi connectivity index (χ0v) is 17.1. The van der Waals surface area contributed by atoms with Gasteiger partial charge in [0.05, 0.1) is 6.04 Å². The van der Waals surface area contributed by atoms with Gasteiger partial charge in [-0.05, 0) is 17.5 Å². The van der Waals surface area contributed by atoms with Crippen molar-refractivity contribution >= 4 is 11.9 Å². The van der Waals surface area contributed by atoms with Gasteiger partial charge < -0.3 is 25.6 Å². The van der Waals surface area contributed by atoms with E-state index in [2.05, 4.69) is 5.32 Å². The lowest BCUT2D eigenvalue weighted by atomic mass is 10.1. The van der Waals surface area contributed by atoms with Crippen LogP contribution in [0, 0.1) is 0 Å². The first kappa shape index (κ1) is 24.3. The molecule has 2 aromatic rings. The summed E-state index contributed by atoms with van der Waals surface area (Å²) in [5.41, 5.74) is 8.00. The number of carbonyl (C=O) groups is 2. The van der Waals surface area contributed by atoms with Gasteiger partial charge in [-0.2, -0.15) is 0 Å². The first-order chi connectivity index (χ1) is 13.9. The van der Waals surface area contributed by atoms with Crippen molar-refractivity contribution in [3.8, 4) is 0 Å². The maximum absolute atomic E-state index is 10.8. The molecule has 0 bridgehead atoms. The Labute approximate surface area is 171 Å². The van der Waals surface area contributed by atoms with Crippen LogP contribution < -0.4 is 11.1 Å². The molecule has 0 aromatic heterocycles. The topological polar surface area (TPSA) is 111 Å². The zero-order chi connectivity index (χ0) is 21.6. The van der Waals surface area contributed by atoms with Crippen LogP contribution in [0.3, 0.4) is 0 Å². The number of benzene rings is 2. The highest BCUT2D eigenvalue weighted by Crippen LogP contribution is 2.06. The molecule has 2 rings (SSSR count). The normalized spacial score (nSPS) is 12.4. The molecule has 7 heteroatoms. The van der Waals surface area contributed by atoms with Gasteiger partial charge in [0.25, 0.3) is 0 Å². The van der Waals surface area contributed by atoms with E-state index < -0.39 is 12.0 Å². The van der Waals surface area contributed by atoms with E-state index in [-0.39, 0.29) is 18.2 Å². The Bertz CT molecular complexity index is 720. The maximum atomic E-state index is 10.8. The number of nitrogens with one attached hydrogen (secondary N) is 1. The number of hydrogen-bond donors (Lipinski definition) is 3. The van der Waals surface area contributed by atoms with Gasteiger partial charge in [0.2, 0.25) is 5.91 Å². The molecule has 7 nitrogen and oxygen atoms in total. The molecule has 0 saturated carbocycles. The van der Waals surface area contributed by atoms with Gasteiger partial charge in [-0.15, -0.1) is 0 Å². The number of rotatable bonds is 9. The van der Waals surface area contributed by atoms with Crippen molar-refractivity contribution in [2.75, 3.05) is 14.2 Å². The van der Waals surface area contributed by atoms with Gasteiger partial charge in [-0.3, -0.25) is 4.79 Å². The summed E-state index contributed by atoms with van der Waals surface area (Å²) < 4.78 is 10.2. The molecule has 4 N–H and O–H groups in total. The fourth-order valence-electron chi connectivity index (χ4n) is 2.72. The summed E-state index contributed by atoms with van der Waals surface area (Å²) in [4.78, 5) is 21.6. The molecule has 0 aliphatic heterocycles. The summed E-state index contributed by atoms with van der Waals surface area (Å²) in [7, 11) is 3.19. The van der Waals surface area contributed by atoms with Crippen molar-refractivity contribution in [1.29, 1.82) is 0 Å². The second-order valence-electron chi connectivity index (χ2n) is 6.47. The Hall–Kier alpha value is -2.74. The van der Waals surface area contributed by atoms with Crippen molar-refractivity contribution in [2.45, 2.75) is 38.1 Å². The fourth-order valence-corrected chi connectivity index (χ4v) is 2.72. The minimum atomic E-state index is -1.02. The van der Waals surface area contributed by atoms with Crippen molar-refractivity contribution < 1.29 is 24.2 Å². The number of carbonyl (C=O) groups excluding carboxylic acids is 1. The van der Waals surface area contributed by atoms with Crippen LogP contribution in [-0.4, -0.2) is 49.6 Å². The molecule has 0 heterocycles. The van der Waals surface area contributed by atoms with E-state index in [1.807, 2.05) is 60.7 Å². The molecule has 1 amide bonds. The molecule has 0 fully saturated rings. The Kier molecular flexibility index (Phi) is 11.3. The third kappa shape index (κ3) is 9.84. The standard InChI is InChI=1S/C11H13NO3.C11H17NO2/c1-8(13)12-10(11(14)15)7-9-5-3-2-4-6-9;1-13-11(14-2)10(12)8-9-6-4-3-5-7-9/h2-6,10H,7H2,1H3,(H,12,13)(H,14,15);3-7,10-11H,8,12H2,1-2H3/t;10-/m.1/s1. The third-order valence-electron chi connectivity index (χ3n) is 4.09. The molecular formula is C22H30N2O5. The lowest BCUT2D eigenvalue weighted by Crippen LogP contribution is -2.41. The lowest BCUT2D eigenvalue weighted by molar-refractivity contribution is -0.141. The van der Waals surface area contributed by atoms with Gasteiger partial charge in [-0.1, -0.05) is 60.7 Å². The van der Waals surface area contributed by atoms with E-state index in [0.29, 0.717) is 6.42 Å². The first-order valence-corrected chi connectivity index (χ1v) is 9.26. The Morgan fingerprint density at radius 1 is 0.931 bits per heavy atom. The quantitative estimate of drug-likeness (QED) is 0.553. The largest absolute Gasteiger partial charge is 0.480 e. The Morgan fingerprint density at radius 2 is 1.38 bits per heavy atom. The fraction of sp³-hybridized carbons (Fsp3) is 0.364. The van der Waals surface area contributed by atoms with Crippen LogP contribution in [0.25, 0.3) is 0 Å². The summed E-state index contributed by atoms with van der Waals surface area (Å²) in [6.07, 6.45) is 0.721. The number of aliphatic carboxylic acids is 1. The van der Waals surface area contributed by atoms with Gasteiger partial charge in [0, 0.05) is 27.6 Å². The van der Waals surface area contributed by atoms with Crippen LogP contribution in [0.4, 0.5) is 0 Å². The van der Waals surface area contributed by atoms with Crippen LogP contribution in [0.5, 0.6) is 0 Å². The predicted molar refractivity (Wildman–Crippen MR) is 111 cm³/mol. The Morgan fingerprint density at radius 3 is 1.76 bits per heavy atom. The minimum absolute atomic E-state index is 0.132. The molecule has 2 aromatic carbocycles. The summed E-state index contributed by atoms with van der Waals surface area (Å²) >= 11 is 0. The second kappa shape index (κ2) is 13.4. The Balaban J connectivity index is 0.000000291. The second-order valence-corrected chi connectivity index (χ2v) is 6.47. The van der Waals surface area contributed by atoms with E-state index in [4.69, 9.17) is 20.3 Å². The van der Waals surface area contributed by atoms with Gasteiger partial charge in [-0.25, -0.2) is 4.79 Å². The van der Waals surface area contributed by atoms with E-state index >= 15 is 0 Å². The summed E-state index contributed by atoms with van der Waals surface area (Å²) in [5, 5.41) is 11.3. The number of hydrogen-bond acceptors (Lipinski definition) is 5. The zero-order valence-electron chi connectivity index (χ0n) is 17.1. The maximum Gasteiger partial charge on any atom is 0.326 e. The van der Waals surface area contributed by atoms with Crippen LogP contribution in [0.1, 0.15) is 18.1 Å². The van der Waals surface area contributed by atoms with Crippen molar-refractivity contribution in [3.63, 3.8) is 0 Å². The SMILES string of the molecule is CC(=O)NC(Cc1ccccc1)C(=O)O.COC(OC)[C@H](N)Cc1ccccc1. The number of methoxy groups -OCH3 is 2. The monoisotopic (exact) mass is 402 g/mol. The summed E-state index contributed by atoms with van der Waals surface area (Å²) in [6, 6.07) is 18.3. The average molecular weight is 402 g/mol. The molecule has 0 aliphatic carbocycles. The van der Waals surface area contributed by atoms with E-state index in [0.717, 1.165) is 12.0 Å². The van der Waals surface area contributed by atoms with E-state index in [9.17, 15) is 9.59 Å². The van der Waals surface area contributed by atoms with E-state index in [1.54, 1.807) is 14.2 Å².